The van der Waals surface area contributed by atoms with Gasteiger partial charge in [0.15, 0.2) is 0 Å². The smallest absolute Gasteiger partial charge is 0.248 e. The van der Waals surface area contributed by atoms with Crippen LogP contribution in [0.15, 0.2) is 11.6 Å². The first-order chi connectivity index (χ1) is 9.05. The van der Waals surface area contributed by atoms with E-state index < -0.39 is 5.54 Å². The van der Waals surface area contributed by atoms with Gasteiger partial charge in [-0.15, -0.1) is 0 Å². The minimum absolute atomic E-state index is 0.0402. The lowest BCUT2D eigenvalue weighted by Gasteiger charge is -2.39. The van der Waals surface area contributed by atoms with Crippen LogP contribution in [-0.4, -0.2) is 35.3 Å². The van der Waals surface area contributed by atoms with Gasteiger partial charge >= 0.3 is 0 Å². The van der Waals surface area contributed by atoms with Crippen molar-refractivity contribution in [1.82, 2.24) is 10.2 Å². The summed E-state index contributed by atoms with van der Waals surface area (Å²) in [6.45, 7) is 4.64. The quantitative estimate of drug-likeness (QED) is 0.790. The molecule has 2 aliphatic rings. The summed E-state index contributed by atoms with van der Waals surface area (Å²) in [5.41, 5.74) is 0.735. The van der Waals surface area contributed by atoms with E-state index >= 15 is 0 Å². The maximum absolute atomic E-state index is 12.4. The van der Waals surface area contributed by atoms with Gasteiger partial charge < -0.3 is 10.2 Å². The Kier molecular flexibility index (Phi) is 4.27. The highest BCUT2D eigenvalue weighted by atomic mass is 16.2. The van der Waals surface area contributed by atoms with Crippen LogP contribution in [0.5, 0.6) is 0 Å². The molecule has 0 aromatic rings. The largest absolute Gasteiger partial charge is 0.340 e. The van der Waals surface area contributed by atoms with Crippen molar-refractivity contribution < 1.29 is 9.59 Å². The van der Waals surface area contributed by atoms with Crippen molar-refractivity contribution in [3.05, 3.63) is 11.6 Å². The van der Waals surface area contributed by atoms with Crippen LogP contribution in [0, 0.1) is 0 Å². The molecule has 0 radical (unpaired) electrons. The lowest BCUT2D eigenvalue weighted by atomic mass is 9.93. The van der Waals surface area contributed by atoms with Gasteiger partial charge in [0, 0.05) is 6.54 Å². The molecule has 0 aromatic heterocycles. The highest BCUT2D eigenvalue weighted by molar-refractivity contribution is 5.97. The Morgan fingerprint density at radius 3 is 2.79 bits per heavy atom. The van der Waals surface area contributed by atoms with E-state index in [9.17, 15) is 9.59 Å². The predicted octanol–water partition coefficient (Wildman–Crippen LogP) is 2.00. The third-order valence-corrected chi connectivity index (χ3v) is 4.30. The number of rotatable bonds is 4. The molecule has 1 aliphatic carbocycles. The van der Waals surface area contributed by atoms with Crippen LogP contribution >= 0.6 is 0 Å². The Labute approximate surface area is 115 Å². The predicted molar refractivity (Wildman–Crippen MR) is 74.6 cm³/mol. The fraction of sp³-hybridized carbons (Fsp3) is 0.733. The number of allylic oxidation sites excluding steroid dienone is 1. The lowest BCUT2D eigenvalue weighted by molar-refractivity contribution is -0.149. The number of amides is 2. The summed E-state index contributed by atoms with van der Waals surface area (Å²) in [6.07, 6.45) is 8.71. The minimum Gasteiger partial charge on any atom is -0.340 e. The zero-order valence-electron chi connectivity index (χ0n) is 12.0. The maximum Gasteiger partial charge on any atom is 0.248 e. The molecule has 1 unspecified atom stereocenters. The third-order valence-electron chi connectivity index (χ3n) is 4.30. The topological polar surface area (TPSA) is 49.4 Å². The van der Waals surface area contributed by atoms with Crippen LogP contribution in [0.1, 0.15) is 52.4 Å². The highest BCUT2D eigenvalue weighted by Crippen LogP contribution is 2.22. The van der Waals surface area contributed by atoms with Crippen LogP contribution in [0.25, 0.3) is 0 Å². The van der Waals surface area contributed by atoms with Crippen LogP contribution in [0.3, 0.4) is 0 Å². The first-order valence-corrected chi connectivity index (χ1v) is 7.33. The molecule has 4 nitrogen and oxygen atoms in total. The molecule has 1 aliphatic heterocycles. The summed E-state index contributed by atoms with van der Waals surface area (Å²) in [5.74, 6) is 0.0209. The number of carbonyl (C=O) groups excluding carboxylic acids is 2. The molecular formula is C15H24N2O2. The average molecular weight is 264 g/mol. The van der Waals surface area contributed by atoms with E-state index in [2.05, 4.69) is 11.4 Å². The van der Waals surface area contributed by atoms with Crippen molar-refractivity contribution in [1.29, 1.82) is 0 Å². The monoisotopic (exact) mass is 264 g/mol. The zero-order valence-corrected chi connectivity index (χ0v) is 12.0. The van der Waals surface area contributed by atoms with Crippen LogP contribution in [0.2, 0.25) is 0 Å². The SMILES string of the molecule is CCC1(C)NC(=O)CN(CCC2=CCCCC2)C1=O. The second kappa shape index (κ2) is 5.76. The molecule has 1 heterocycles. The molecular weight excluding hydrogens is 240 g/mol. The summed E-state index contributed by atoms with van der Waals surface area (Å²) in [5, 5.41) is 2.82. The Hall–Kier alpha value is -1.32. The molecule has 19 heavy (non-hydrogen) atoms. The normalized spacial score (nSPS) is 28.1. The van der Waals surface area contributed by atoms with Crippen LogP contribution in [0.4, 0.5) is 0 Å². The molecule has 4 heteroatoms. The van der Waals surface area contributed by atoms with E-state index in [4.69, 9.17) is 0 Å². The van der Waals surface area contributed by atoms with Crippen molar-refractivity contribution >= 4 is 11.8 Å². The number of piperazine rings is 1. The Bertz CT molecular complexity index is 403. The maximum atomic E-state index is 12.4. The Morgan fingerprint density at radius 1 is 1.37 bits per heavy atom. The van der Waals surface area contributed by atoms with Gasteiger partial charge in [-0.1, -0.05) is 18.6 Å². The lowest BCUT2D eigenvalue weighted by Crippen LogP contribution is -2.65. The molecule has 0 spiro atoms. The molecule has 1 atom stereocenters. The molecule has 2 rings (SSSR count). The van der Waals surface area contributed by atoms with Gasteiger partial charge in [0.05, 0.1) is 6.54 Å². The minimum atomic E-state index is -0.712. The van der Waals surface area contributed by atoms with Gasteiger partial charge in [-0.3, -0.25) is 9.59 Å². The van der Waals surface area contributed by atoms with Gasteiger partial charge in [0.1, 0.15) is 5.54 Å². The second-order valence-electron chi connectivity index (χ2n) is 5.82. The molecule has 1 saturated heterocycles. The van der Waals surface area contributed by atoms with E-state index in [1.165, 1.54) is 18.4 Å². The van der Waals surface area contributed by atoms with Crippen molar-refractivity contribution in [2.45, 2.75) is 57.9 Å². The summed E-state index contributed by atoms with van der Waals surface area (Å²) in [6, 6.07) is 0. The number of hydrogen-bond donors (Lipinski definition) is 1. The standard InChI is InChI=1S/C15H24N2O2/c1-3-15(2)14(19)17(11-13(18)16-15)10-9-12-7-5-4-6-8-12/h7H,3-6,8-11H2,1-2H3,(H,16,18). The van der Waals surface area contributed by atoms with Crippen molar-refractivity contribution in [3.8, 4) is 0 Å². The average Bonchev–Trinajstić information content (AvgIpc) is 2.42. The fourth-order valence-corrected chi connectivity index (χ4v) is 2.83. The fourth-order valence-electron chi connectivity index (χ4n) is 2.83. The number of hydrogen-bond acceptors (Lipinski definition) is 2. The highest BCUT2D eigenvalue weighted by Gasteiger charge is 2.41. The first kappa shape index (κ1) is 14.1. The first-order valence-electron chi connectivity index (χ1n) is 7.33. The van der Waals surface area contributed by atoms with Gasteiger partial charge in [0.2, 0.25) is 11.8 Å². The molecule has 0 bridgehead atoms. The summed E-state index contributed by atoms with van der Waals surface area (Å²) >= 11 is 0. The van der Waals surface area contributed by atoms with Gasteiger partial charge in [0.25, 0.3) is 0 Å². The Balaban J connectivity index is 1.96. The second-order valence-corrected chi connectivity index (χ2v) is 5.82. The molecule has 1 N–H and O–H groups in total. The summed E-state index contributed by atoms with van der Waals surface area (Å²) in [4.78, 5) is 25.8. The number of carbonyl (C=O) groups is 2. The molecule has 1 fully saturated rings. The van der Waals surface area contributed by atoms with E-state index in [0.717, 1.165) is 19.3 Å². The zero-order chi connectivity index (χ0) is 13.9. The Morgan fingerprint density at radius 2 is 2.16 bits per heavy atom. The van der Waals surface area contributed by atoms with Crippen molar-refractivity contribution in [2.75, 3.05) is 13.1 Å². The van der Waals surface area contributed by atoms with Crippen LogP contribution in [-0.2, 0) is 9.59 Å². The van der Waals surface area contributed by atoms with Gasteiger partial charge in [-0.25, -0.2) is 0 Å². The number of nitrogens with zero attached hydrogens (tertiary/aromatic N) is 1. The third kappa shape index (κ3) is 3.17. The van der Waals surface area contributed by atoms with E-state index in [1.807, 2.05) is 13.8 Å². The summed E-state index contributed by atoms with van der Waals surface area (Å²) in [7, 11) is 0. The van der Waals surface area contributed by atoms with E-state index in [-0.39, 0.29) is 18.4 Å². The van der Waals surface area contributed by atoms with Crippen molar-refractivity contribution in [3.63, 3.8) is 0 Å². The molecule has 0 aromatic carbocycles. The van der Waals surface area contributed by atoms with E-state index in [1.54, 1.807) is 4.90 Å². The van der Waals surface area contributed by atoms with Crippen molar-refractivity contribution in [2.24, 2.45) is 0 Å². The van der Waals surface area contributed by atoms with Gasteiger partial charge in [-0.2, -0.15) is 0 Å². The molecule has 0 saturated carbocycles. The van der Waals surface area contributed by atoms with Crippen LogP contribution < -0.4 is 5.32 Å². The van der Waals surface area contributed by atoms with E-state index in [0.29, 0.717) is 13.0 Å². The molecule has 2 amide bonds. The number of nitrogens with one attached hydrogen (secondary N) is 1. The molecule has 106 valence electrons. The van der Waals surface area contributed by atoms with Gasteiger partial charge in [-0.05, 0) is 45.4 Å². The summed E-state index contributed by atoms with van der Waals surface area (Å²) < 4.78 is 0.